The van der Waals surface area contributed by atoms with Crippen LogP contribution in [-0.4, -0.2) is 49.9 Å². The Hall–Kier alpha value is 1.30. The minimum atomic E-state index is -2.64. The zero-order valence-corrected chi connectivity index (χ0v) is 13.2. The molecule has 15 heavy (non-hydrogen) atoms. The second-order valence-electron chi connectivity index (χ2n) is 2.76. The maximum atomic E-state index is 9.62. The van der Waals surface area contributed by atoms with Gasteiger partial charge in [0.15, 0.2) is 0 Å². The molecular formula is C6H14CaO6P2+2. The van der Waals surface area contributed by atoms with E-state index in [0.29, 0.717) is 0 Å². The third-order valence-electron chi connectivity index (χ3n) is 0.594. The summed E-state index contributed by atoms with van der Waals surface area (Å²) in [5.41, 5.74) is 0. The van der Waals surface area contributed by atoms with Gasteiger partial charge in [-0.15, -0.1) is 9.05 Å². The molecule has 2 atom stereocenters. The number of hydrogen-bond donors (Lipinski definition) is 0. The predicted octanol–water partition coefficient (Wildman–Crippen LogP) is 0.477. The summed E-state index contributed by atoms with van der Waals surface area (Å²) in [6.45, 7) is 6.63. The van der Waals surface area contributed by atoms with Crippen molar-refractivity contribution in [3.8, 4) is 0 Å². The fraction of sp³-hybridized carbons (Fsp3) is 1.00. The summed E-state index contributed by atoms with van der Waals surface area (Å²) in [7, 11) is -5.28. The summed E-state index contributed by atoms with van der Waals surface area (Å²) in [5, 5.41) is 0. The number of hydrogen-bond acceptors (Lipinski definition) is 6. The van der Waals surface area contributed by atoms with Gasteiger partial charge in [-0.25, -0.2) is 0 Å². The summed E-state index contributed by atoms with van der Waals surface area (Å²) in [4.78, 5) is 19.2. The van der Waals surface area contributed by atoms with Gasteiger partial charge in [-0.1, -0.05) is 0 Å². The summed E-state index contributed by atoms with van der Waals surface area (Å²) in [6.07, 6.45) is -0.442. The molecule has 0 spiro atoms. The first-order valence-corrected chi connectivity index (χ1v) is 6.07. The summed E-state index contributed by atoms with van der Waals surface area (Å²) in [6, 6.07) is 0. The minimum Gasteiger partial charge on any atom is -0.566 e. The van der Waals surface area contributed by atoms with Crippen LogP contribution in [0.4, 0.5) is 0 Å². The SMILES string of the molecule is CC(C)O[P+](=O)[O-].CC(C)O[P+](=O)[O-].[Ca+2]. The fourth-order valence-electron chi connectivity index (χ4n) is 0.344. The first-order valence-electron chi connectivity index (χ1n) is 3.88. The van der Waals surface area contributed by atoms with E-state index >= 15 is 0 Å². The van der Waals surface area contributed by atoms with Crippen LogP contribution in [-0.2, 0) is 18.2 Å². The van der Waals surface area contributed by atoms with E-state index in [1.807, 2.05) is 0 Å². The van der Waals surface area contributed by atoms with Crippen molar-refractivity contribution in [3.05, 3.63) is 0 Å². The van der Waals surface area contributed by atoms with E-state index in [0.717, 1.165) is 0 Å². The zero-order chi connectivity index (χ0) is 11.7. The van der Waals surface area contributed by atoms with Gasteiger partial charge < -0.3 is 9.79 Å². The Labute approximate surface area is 121 Å². The molecule has 0 aliphatic heterocycles. The van der Waals surface area contributed by atoms with Crippen LogP contribution in [0.1, 0.15) is 27.7 Å². The first kappa shape index (κ1) is 21.6. The fourth-order valence-corrected chi connectivity index (χ4v) is 1.03. The van der Waals surface area contributed by atoms with Gasteiger partial charge in [0.1, 0.15) is 12.2 Å². The van der Waals surface area contributed by atoms with Crippen molar-refractivity contribution in [1.82, 2.24) is 0 Å². The second kappa shape index (κ2) is 13.4. The molecule has 0 heterocycles. The summed E-state index contributed by atoms with van der Waals surface area (Å²) >= 11 is 0. The van der Waals surface area contributed by atoms with Gasteiger partial charge >= 0.3 is 54.2 Å². The van der Waals surface area contributed by atoms with Crippen LogP contribution in [0.25, 0.3) is 0 Å². The molecule has 0 fully saturated rings. The molecule has 0 aromatic carbocycles. The van der Waals surface area contributed by atoms with Crippen LogP contribution < -0.4 is 9.79 Å². The van der Waals surface area contributed by atoms with Crippen LogP contribution in [0, 0.1) is 0 Å². The van der Waals surface area contributed by atoms with Crippen molar-refractivity contribution >= 4 is 54.2 Å². The van der Waals surface area contributed by atoms with Crippen LogP contribution >= 0.6 is 16.5 Å². The van der Waals surface area contributed by atoms with E-state index in [1.54, 1.807) is 27.7 Å². The van der Waals surface area contributed by atoms with Gasteiger partial charge in [-0.2, -0.15) is 0 Å². The Balaban J connectivity index is -0.000000180. The van der Waals surface area contributed by atoms with E-state index in [2.05, 4.69) is 9.05 Å². The quantitative estimate of drug-likeness (QED) is 0.550. The predicted molar refractivity (Wildman–Crippen MR) is 53.4 cm³/mol. The Morgan fingerprint density at radius 2 is 1.07 bits per heavy atom. The second-order valence-corrected chi connectivity index (χ2v) is 4.07. The maximum absolute atomic E-state index is 9.62. The van der Waals surface area contributed by atoms with E-state index in [4.69, 9.17) is 0 Å². The minimum absolute atomic E-state index is 0. The van der Waals surface area contributed by atoms with Crippen molar-refractivity contribution < 1.29 is 28.0 Å². The Morgan fingerprint density at radius 3 is 1.07 bits per heavy atom. The molecule has 0 amide bonds. The molecule has 0 N–H and O–H groups in total. The van der Waals surface area contributed by atoms with E-state index in [-0.39, 0.29) is 49.9 Å². The average Bonchev–Trinajstić information content (AvgIpc) is 1.79. The molecular weight excluding hydrogens is 270 g/mol. The molecule has 0 rings (SSSR count). The average molecular weight is 284 g/mol. The molecule has 0 aromatic rings. The smallest absolute Gasteiger partial charge is 0.566 e. The molecule has 0 aromatic heterocycles. The van der Waals surface area contributed by atoms with Crippen LogP contribution in [0.3, 0.4) is 0 Å². The molecule has 0 saturated heterocycles. The largest absolute Gasteiger partial charge is 2.00 e. The molecule has 9 heteroatoms. The Bertz CT molecular complexity index is 166. The van der Waals surface area contributed by atoms with Gasteiger partial charge in [0, 0.05) is 0 Å². The first-order chi connectivity index (χ1) is 6.25. The molecule has 0 aliphatic rings. The van der Waals surface area contributed by atoms with Gasteiger partial charge in [-0.05, 0) is 36.8 Å². The molecule has 0 radical (unpaired) electrons. The van der Waals surface area contributed by atoms with Gasteiger partial charge in [-0.3, -0.25) is 0 Å². The van der Waals surface area contributed by atoms with Gasteiger partial charge in [0.25, 0.3) is 0 Å². The molecule has 84 valence electrons. The van der Waals surface area contributed by atoms with E-state index < -0.39 is 16.5 Å². The van der Waals surface area contributed by atoms with Crippen molar-refractivity contribution in [3.63, 3.8) is 0 Å². The Morgan fingerprint density at radius 1 is 0.867 bits per heavy atom. The van der Waals surface area contributed by atoms with Gasteiger partial charge in [0.05, 0.1) is 0 Å². The third kappa shape index (κ3) is 31.3. The van der Waals surface area contributed by atoms with Crippen molar-refractivity contribution in [2.45, 2.75) is 39.9 Å². The van der Waals surface area contributed by atoms with E-state index in [1.165, 1.54) is 0 Å². The molecule has 0 saturated carbocycles. The third-order valence-corrected chi connectivity index (χ3v) is 1.78. The van der Waals surface area contributed by atoms with Gasteiger partial charge in [0.2, 0.25) is 0 Å². The zero-order valence-electron chi connectivity index (χ0n) is 9.21. The van der Waals surface area contributed by atoms with Crippen molar-refractivity contribution in [2.75, 3.05) is 0 Å². The number of rotatable bonds is 4. The van der Waals surface area contributed by atoms with Crippen molar-refractivity contribution in [2.24, 2.45) is 0 Å². The maximum Gasteiger partial charge on any atom is 2.00 e. The molecule has 2 unspecified atom stereocenters. The molecule has 0 bridgehead atoms. The summed E-state index contributed by atoms with van der Waals surface area (Å²) < 4.78 is 27.7. The molecule has 0 aliphatic carbocycles. The van der Waals surface area contributed by atoms with Crippen LogP contribution in [0.5, 0.6) is 0 Å². The van der Waals surface area contributed by atoms with E-state index in [9.17, 15) is 18.9 Å². The monoisotopic (exact) mass is 284 g/mol. The Kier molecular flexibility index (Phi) is 19.2. The van der Waals surface area contributed by atoms with Crippen LogP contribution in [0.2, 0.25) is 0 Å². The summed E-state index contributed by atoms with van der Waals surface area (Å²) in [5.74, 6) is 0. The van der Waals surface area contributed by atoms with Crippen molar-refractivity contribution in [1.29, 1.82) is 0 Å². The topological polar surface area (TPSA) is 98.7 Å². The van der Waals surface area contributed by atoms with Crippen LogP contribution in [0.15, 0.2) is 0 Å². The molecule has 6 nitrogen and oxygen atoms in total. The normalized spacial score (nSPS) is 11.5. The standard InChI is InChI=1S/2C3H7O3P.Ca/c2*1-3(2)6-7(4)5;/h2*3H,1-2H3;/q;;+2.